The van der Waals surface area contributed by atoms with Crippen molar-refractivity contribution in [3.8, 4) is 0 Å². The van der Waals surface area contributed by atoms with Crippen LogP contribution in [0.1, 0.15) is 40.5 Å². The molecule has 25 heavy (non-hydrogen) atoms. The van der Waals surface area contributed by atoms with Crippen LogP contribution in [-0.2, 0) is 11.3 Å². The fourth-order valence-electron chi connectivity index (χ4n) is 3.03. The van der Waals surface area contributed by atoms with E-state index in [9.17, 15) is 9.59 Å². The highest BCUT2D eigenvalue weighted by molar-refractivity contribution is 5.86. The third-order valence-electron chi connectivity index (χ3n) is 4.35. The van der Waals surface area contributed by atoms with E-state index in [1.54, 1.807) is 22.7 Å². The average molecular weight is 343 g/mol. The van der Waals surface area contributed by atoms with E-state index in [0.717, 1.165) is 18.4 Å². The molecule has 1 saturated heterocycles. The normalized spacial score (nSPS) is 17.3. The summed E-state index contributed by atoms with van der Waals surface area (Å²) in [4.78, 5) is 25.1. The number of likely N-dealkylation sites (tertiary alicyclic amines) is 1. The van der Waals surface area contributed by atoms with Crippen LogP contribution in [0.5, 0.6) is 0 Å². The second-order valence-corrected chi connectivity index (χ2v) is 6.23. The van der Waals surface area contributed by atoms with Gasteiger partial charge in [0.05, 0.1) is 6.04 Å². The van der Waals surface area contributed by atoms with Crippen molar-refractivity contribution >= 4 is 12.1 Å². The Morgan fingerprint density at radius 3 is 2.76 bits per heavy atom. The number of nitrogens with zero attached hydrogens (tertiary/aromatic N) is 3. The van der Waals surface area contributed by atoms with E-state index in [4.69, 9.17) is 9.84 Å². The Morgan fingerprint density at radius 2 is 2.08 bits per heavy atom. The molecule has 2 aromatic rings. The summed E-state index contributed by atoms with van der Waals surface area (Å²) in [5.74, 6) is -1.04. The van der Waals surface area contributed by atoms with Crippen LogP contribution in [-0.4, -0.2) is 44.9 Å². The average Bonchev–Trinajstić information content (AvgIpc) is 3.03. The molecule has 1 aromatic carbocycles. The number of aryl methyl sites for hydroxylation is 1. The summed E-state index contributed by atoms with van der Waals surface area (Å²) in [6.45, 7) is 3.07. The Hall–Kier alpha value is -2.83. The van der Waals surface area contributed by atoms with Gasteiger partial charge in [0.2, 0.25) is 0 Å². The van der Waals surface area contributed by atoms with Gasteiger partial charge in [-0.15, -0.1) is 0 Å². The van der Waals surface area contributed by atoms with Crippen LogP contribution in [0.4, 0.5) is 4.79 Å². The number of hydrogen-bond acceptors (Lipinski definition) is 4. The monoisotopic (exact) mass is 343 g/mol. The maximum Gasteiger partial charge on any atom is 0.410 e. The van der Waals surface area contributed by atoms with E-state index in [-0.39, 0.29) is 24.4 Å². The predicted molar refractivity (Wildman–Crippen MR) is 90.4 cm³/mol. The number of carboxylic acids is 1. The van der Waals surface area contributed by atoms with Crippen molar-refractivity contribution in [2.75, 3.05) is 13.1 Å². The number of ether oxygens (including phenoxy) is 1. The van der Waals surface area contributed by atoms with Gasteiger partial charge in [0, 0.05) is 24.8 Å². The van der Waals surface area contributed by atoms with Crippen LogP contribution in [0, 0.1) is 6.92 Å². The highest BCUT2D eigenvalue weighted by atomic mass is 16.6. The quantitative estimate of drug-likeness (QED) is 0.923. The van der Waals surface area contributed by atoms with Gasteiger partial charge in [-0.25, -0.2) is 9.59 Å². The van der Waals surface area contributed by atoms with E-state index < -0.39 is 5.97 Å². The minimum Gasteiger partial charge on any atom is -0.476 e. The second kappa shape index (κ2) is 7.38. The molecule has 1 atom stereocenters. The van der Waals surface area contributed by atoms with Crippen molar-refractivity contribution in [1.29, 1.82) is 0 Å². The lowest BCUT2D eigenvalue weighted by Gasteiger charge is -2.32. The first-order valence-electron chi connectivity index (χ1n) is 8.29. The van der Waals surface area contributed by atoms with Crippen LogP contribution in [0.15, 0.2) is 36.5 Å². The van der Waals surface area contributed by atoms with Crippen LogP contribution in [0.2, 0.25) is 0 Å². The Labute approximate surface area is 145 Å². The molecule has 0 bridgehead atoms. The van der Waals surface area contributed by atoms with E-state index in [2.05, 4.69) is 5.10 Å². The largest absolute Gasteiger partial charge is 0.476 e. The Kier molecular flexibility index (Phi) is 5.02. The highest BCUT2D eigenvalue weighted by Gasteiger charge is 2.27. The van der Waals surface area contributed by atoms with Crippen molar-refractivity contribution in [3.63, 3.8) is 0 Å². The van der Waals surface area contributed by atoms with Gasteiger partial charge in [0.15, 0.2) is 5.69 Å². The molecular weight excluding hydrogens is 322 g/mol. The maximum atomic E-state index is 12.3. The molecule has 7 heteroatoms. The molecule has 1 aliphatic rings. The summed E-state index contributed by atoms with van der Waals surface area (Å²) >= 11 is 0. The van der Waals surface area contributed by atoms with E-state index in [1.807, 2.05) is 30.3 Å². The summed E-state index contributed by atoms with van der Waals surface area (Å²) in [5.41, 5.74) is 1.62. The molecule has 1 unspecified atom stereocenters. The molecule has 1 fully saturated rings. The number of carboxylic acid groups (broad SMARTS) is 1. The Balaban J connectivity index is 1.61. The Morgan fingerprint density at radius 1 is 1.32 bits per heavy atom. The minimum atomic E-state index is -1.04. The van der Waals surface area contributed by atoms with Crippen molar-refractivity contribution < 1.29 is 19.4 Å². The SMILES string of the molecule is Cc1cn(C2CCCN(C(=O)OCc3ccccc3)C2)nc1C(=O)O. The molecule has 7 nitrogen and oxygen atoms in total. The molecule has 0 spiro atoms. The van der Waals surface area contributed by atoms with Crippen molar-refractivity contribution in [2.45, 2.75) is 32.4 Å². The first kappa shape index (κ1) is 17.0. The van der Waals surface area contributed by atoms with Gasteiger partial charge in [0.1, 0.15) is 6.61 Å². The van der Waals surface area contributed by atoms with Gasteiger partial charge >= 0.3 is 12.1 Å². The number of amides is 1. The molecule has 0 radical (unpaired) electrons. The van der Waals surface area contributed by atoms with Gasteiger partial charge in [-0.05, 0) is 25.3 Å². The topological polar surface area (TPSA) is 84.7 Å². The molecule has 1 N–H and O–H groups in total. The molecule has 2 heterocycles. The van der Waals surface area contributed by atoms with Crippen molar-refractivity contribution in [1.82, 2.24) is 14.7 Å². The molecular formula is C18H21N3O4. The third kappa shape index (κ3) is 3.99. The maximum absolute atomic E-state index is 12.3. The van der Waals surface area contributed by atoms with E-state index >= 15 is 0 Å². The molecule has 1 amide bonds. The van der Waals surface area contributed by atoms with Crippen LogP contribution < -0.4 is 0 Å². The molecule has 132 valence electrons. The van der Waals surface area contributed by atoms with E-state index in [0.29, 0.717) is 18.7 Å². The third-order valence-corrected chi connectivity index (χ3v) is 4.35. The van der Waals surface area contributed by atoms with Gasteiger partial charge in [0.25, 0.3) is 0 Å². The zero-order valence-corrected chi connectivity index (χ0v) is 14.1. The fourth-order valence-corrected chi connectivity index (χ4v) is 3.03. The van der Waals surface area contributed by atoms with Gasteiger partial charge in [-0.2, -0.15) is 5.10 Å². The summed E-state index contributed by atoms with van der Waals surface area (Å²) in [5, 5.41) is 13.3. The number of aromatic nitrogens is 2. The van der Waals surface area contributed by atoms with Crippen LogP contribution in [0.25, 0.3) is 0 Å². The van der Waals surface area contributed by atoms with Crippen LogP contribution >= 0.6 is 0 Å². The zero-order valence-electron chi connectivity index (χ0n) is 14.1. The summed E-state index contributed by atoms with van der Waals surface area (Å²) < 4.78 is 7.04. The highest BCUT2D eigenvalue weighted by Crippen LogP contribution is 2.23. The number of hydrogen-bond donors (Lipinski definition) is 1. The van der Waals surface area contributed by atoms with Gasteiger partial charge in [-0.1, -0.05) is 30.3 Å². The Bertz CT molecular complexity index is 757. The fraction of sp³-hybridized carbons (Fsp3) is 0.389. The number of carbonyl (C=O) groups excluding carboxylic acids is 1. The van der Waals surface area contributed by atoms with Gasteiger partial charge in [-0.3, -0.25) is 4.68 Å². The lowest BCUT2D eigenvalue weighted by molar-refractivity contribution is 0.0681. The molecule has 1 aromatic heterocycles. The summed E-state index contributed by atoms with van der Waals surface area (Å²) in [6, 6.07) is 9.50. The lowest BCUT2D eigenvalue weighted by Crippen LogP contribution is -2.41. The number of benzene rings is 1. The molecule has 1 aliphatic heterocycles. The number of carbonyl (C=O) groups is 2. The van der Waals surface area contributed by atoms with E-state index in [1.165, 1.54) is 0 Å². The smallest absolute Gasteiger partial charge is 0.410 e. The summed E-state index contributed by atoms with van der Waals surface area (Å²) in [6.07, 6.45) is 3.05. The van der Waals surface area contributed by atoms with Crippen LogP contribution in [0.3, 0.4) is 0 Å². The molecule has 3 rings (SSSR count). The molecule has 0 saturated carbocycles. The first-order valence-corrected chi connectivity index (χ1v) is 8.29. The minimum absolute atomic E-state index is 0.0372. The number of piperidine rings is 1. The number of aromatic carboxylic acids is 1. The number of rotatable bonds is 4. The lowest BCUT2D eigenvalue weighted by atomic mass is 10.1. The van der Waals surface area contributed by atoms with Crippen molar-refractivity contribution in [3.05, 3.63) is 53.3 Å². The summed E-state index contributed by atoms with van der Waals surface area (Å²) in [7, 11) is 0. The molecule has 0 aliphatic carbocycles. The van der Waals surface area contributed by atoms with Gasteiger partial charge < -0.3 is 14.7 Å². The predicted octanol–water partition coefficient (Wildman–Crippen LogP) is 2.86. The standard InChI is InChI=1S/C18H21N3O4/c1-13-10-21(19-16(13)17(22)23)15-8-5-9-20(11-15)18(24)25-12-14-6-3-2-4-7-14/h2-4,6-7,10,15H,5,8-9,11-12H2,1H3,(H,22,23). The van der Waals surface area contributed by atoms with Crippen molar-refractivity contribution in [2.24, 2.45) is 0 Å². The first-order chi connectivity index (χ1) is 12.0. The second-order valence-electron chi connectivity index (χ2n) is 6.23. The zero-order chi connectivity index (χ0) is 17.8.